The van der Waals surface area contributed by atoms with Crippen LogP contribution < -0.4 is 0 Å². The van der Waals surface area contributed by atoms with E-state index in [0.717, 1.165) is 12.0 Å². The summed E-state index contributed by atoms with van der Waals surface area (Å²) in [6.45, 7) is 10.0. The van der Waals surface area contributed by atoms with E-state index < -0.39 is 0 Å². The molecule has 0 aliphatic carbocycles. The van der Waals surface area contributed by atoms with E-state index >= 15 is 0 Å². The Hall–Kier alpha value is -0.120. The maximum atomic E-state index is 2.68. The second-order valence-corrected chi connectivity index (χ2v) is 5.52. The van der Waals surface area contributed by atoms with Gasteiger partial charge in [0.2, 0.25) is 0 Å². The molecule has 0 amide bonds. The van der Waals surface area contributed by atoms with Gasteiger partial charge in [-0.1, -0.05) is 0 Å². The second-order valence-electron chi connectivity index (χ2n) is 5.52. The van der Waals surface area contributed by atoms with Crippen molar-refractivity contribution in [1.82, 2.24) is 14.7 Å². The molecule has 0 unspecified atom stereocenters. The SMILES string of the molecule is C[C@H]1CN(C)CCN1C[C@@H]1CCN(C)C1. The molecule has 3 nitrogen and oxygen atoms in total. The fourth-order valence-corrected chi connectivity index (χ4v) is 2.96. The van der Waals surface area contributed by atoms with Gasteiger partial charge >= 0.3 is 0 Å². The van der Waals surface area contributed by atoms with Crippen molar-refractivity contribution in [2.24, 2.45) is 5.92 Å². The van der Waals surface area contributed by atoms with E-state index in [1.54, 1.807) is 0 Å². The predicted octanol–water partition coefficient (Wildman–Crippen LogP) is 0.574. The van der Waals surface area contributed by atoms with Crippen LogP contribution in [0, 0.1) is 5.92 Å². The molecule has 2 aliphatic heterocycles. The molecule has 2 fully saturated rings. The molecular formula is C12H25N3. The average Bonchev–Trinajstić information content (AvgIpc) is 2.56. The van der Waals surface area contributed by atoms with E-state index in [4.69, 9.17) is 0 Å². The number of piperazine rings is 1. The Balaban J connectivity index is 1.79. The number of likely N-dealkylation sites (tertiary alicyclic amines) is 1. The molecule has 3 heteroatoms. The van der Waals surface area contributed by atoms with Crippen LogP contribution in [0.4, 0.5) is 0 Å². The first kappa shape index (κ1) is 11.4. The topological polar surface area (TPSA) is 9.72 Å². The zero-order valence-electron chi connectivity index (χ0n) is 10.4. The van der Waals surface area contributed by atoms with Crippen molar-refractivity contribution in [1.29, 1.82) is 0 Å². The minimum Gasteiger partial charge on any atom is -0.306 e. The highest BCUT2D eigenvalue weighted by Crippen LogP contribution is 2.18. The molecular weight excluding hydrogens is 186 g/mol. The molecule has 0 spiro atoms. The summed E-state index contributed by atoms with van der Waals surface area (Å²) in [5.74, 6) is 0.917. The smallest absolute Gasteiger partial charge is 0.0195 e. The van der Waals surface area contributed by atoms with E-state index in [2.05, 4.69) is 35.7 Å². The quantitative estimate of drug-likeness (QED) is 0.661. The molecule has 15 heavy (non-hydrogen) atoms. The van der Waals surface area contributed by atoms with Crippen molar-refractivity contribution < 1.29 is 0 Å². The Labute approximate surface area is 94.0 Å². The summed E-state index contributed by atoms with van der Waals surface area (Å²) in [6, 6.07) is 0.745. The number of nitrogens with zero attached hydrogens (tertiary/aromatic N) is 3. The van der Waals surface area contributed by atoms with Crippen molar-refractivity contribution in [3.05, 3.63) is 0 Å². The van der Waals surface area contributed by atoms with Crippen LogP contribution in [-0.2, 0) is 0 Å². The summed E-state index contributed by atoms with van der Waals surface area (Å²) in [5.41, 5.74) is 0. The molecule has 88 valence electrons. The molecule has 2 heterocycles. The molecule has 0 N–H and O–H groups in total. The van der Waals surface area contributed by atoms with Gasteiger partial charge < -0.3 is 9.80 Å². The van der Waals surface area contributed by atoms with Gasteiger partial charge in [0.15, 0.2) is 0 Å². The van der Waals surface area contributed by atoms with Gasteiger partial charge in [0.05, 0.1) is 0 Å². The van der Waals surface area contributed by atoms with E-state index in [9.17, 15) is 0 Å². The van der Waals surface area contributed by atoms with Crippen molar-refractivity contribution >= 4 is 0 Å². The van der Waals surface area contributed by atoms with Crippen LogP contribution >= 0.6 is 0 Å². The van der Waals surface area contributed by atoms with Gasteiger partial charge in [-0.3, -0.25) is 4.90 Å². The van der Waals surface area contributed by atoms with Gasteiger partial charge in [0.25, 0.3) is 0 Å². The van der Waals surface area contributed by atoms with Crippen LogP contribution in [0.3, 0.4) is 0 Å². The summed E-state index contributed by atoms with van der Waals surface area (Å²) in [4.78, 5) is 7.59. The monoisotopic (exact) mass is 211 g/mol. The van der Waals surface area contributed by atoms with Crippen LogP contribution in [0.15, 0.2) is 0 Å². The summed E-state index contributed by atoms with van der Waals surface area (Å²) in [6.07, 6.45) is 1.40. The maximum absolute atomic E-state index is 2.68. The normalized spacial score (nSPS) is 36.2. The molecule has 0 aromatic carbocycles. The highest BCUT2D eigenvalue weighted by atomic mass is 15.3. The summed E-state index contributed by atoms with van der Waals surface area (Å²) in [5, 5.41) is 0. The highest BCUT2D eigenvalue weighted by molar-refractivity contribution is 4.82. The van der Waals surface area contributed by atoms with Crippen LogP contribution in [0.1, 0.15) is 13.3 Å². The predicted molar refractivity (Wildman–Crippen MR) is 64.1 cm³/mol. The summed E-state index contributed by atoms with van der Waals surface area (Å²) in [7, 11) is 4.48. The van der Waals surface area contributed by atoms with Crippen LogP contribution in [0.2, 0.25) is 0 Å². The third-order valence-corrected chi connectivity index (χ3v) is 3.95. The van der Waals surface area contributed by atoms with Crippen molar-refractivity contribution in [2.75, 3.05) is 53.4 Å². The molecule has 0 bridgehead atoms. The minimum atomic E-state index is 0.745. The van der Waals surface area contributed by atoms with E-state index in [-0.39, 0.29) is 0 Å². The van der Waals surface area contributed by atoms with Crippen molar-refractivity contribution in [3.8, 4) is 0 Å². The molecule has 2 atom stereocenters. The Morgan fingerprint density at radius 2 is 1.73 bits per heavy atom. The molecule has 0 saturated carbocycles. The molecule has 0 aromatic heterocycles. The van der Waals surface area contributed by atoms with Crippen molar-refractivity contribution in [3.63, 3.8) is 0 Å². The summed E-state index contributed by atoms with van der Waals surface area (Å²) >= 11 is 0. The third-order valence-electron chi connectivity index (χ3n) is 3.95. The van der Waals surface area contributed by atoms with Gasteiger partial charge in [0.1, 0.15) is 0 Å². The van der Waals surface area contributed by atoms with Crippen molar-refractivity contribution in [2.45, 2.75) is 19.4 Å². The van der Waals surface area contributed by atoms with Gasteiger partial charge in [-0.15, -0.1) is 0 Å². The van der Waals surface area contributed by atoms with Crippen LogP contribution in [0.25, 0.3) is 0 Å². The van der Waals surface area contributed by atoms with Gasteiger partial charge in [-0.05, 0) is 39.9 Å². The number of likely N-dealkylation sites (N-methyl/N-ethyl adjacent to an activating group) is 1. The largest absolute Gasteiger partial charge is 0.306 e. The fourth-order valence-electron chi connectivity index (χ4n) is 2.96. The molecule has 0 aromatic rings. The van der Waals surface area contributed by atoms with Crippen LogP contribution in [0.5, 0.6) is 0 Å². The number of rotatable bonds is 2. The fraction of sp³-hybridized carbons (Fsp3) is 1.00. The second kappa shape index (κ2) is 4.81. The standard InChI is InChI=1S/C12H25N3/c1-11-8-14(3)6-7-15(11)10-12-4-5-13(2)9-12/h11-12H,4-10H2,1-3H3/t11-,12+/m0/s1. The first-order chi connectivity index (χ1) is 7.15. The number of hydrogen-bond acceptors (Lipinski definition) is 3. The number of hydrogen-bond donors (Lipinski definition) is 0. The van der Waals surface area contributed by atoms with Gasteiger partial charge in [-0.2, -0.15) is 0 Å². The van der Waals surface area contributed by atoms with Gasteiger partial charge in [0, 0.05) is 38.8 Å². The zero-order valence-corrected chi connectivity index (χ0v) is 10.4. The molecule has 2 saturated heterocycles. The lowest BCUT2D eigenvalue weighted by atomic mass is 10.1. The molecule has 2 aliphatic rings. The first-order valence-corrected chi connectivity index (χ1v) is 6.26. The van der Waals surface area contributed by atoms with Crippen LogP contribution in [-0.4, -0.2) is 74.1 Å². The lowest BCUT2D eigenvalue weighted by Crippen LogP contribution is -2.51. The molecule has 0 radical (unpaired) electrons. The molecule has 2 rings (SSSR count). The zero-order chi connectivity index (χ0) is 10.8. The average molecular weight is 211 g/mol. The lowest BCUT2D eigenvalue weighted by molar-refractivity contribution is 0.0861. The van der Waals surface area contributed by atoms with E-state index in [1.807, 2.05) is 0 Å². The first-order valence-electron chi connectivity index (χ1n) is 6.26. The van der Waals surface area contributed by atoms with Gasteiger partial charge in [-0.25, -0.2) is 0 Å². The minimum absolute atomic E-state index is 0.745. The Kier molecular flexibility index (Phi) is 3.65. The Bertz CT molecular complexity index is 207. The summed E-state index contributed by atoms with van der Waals surface area (Å²) < 4.78 is 0. The highest BCUT2D eigenvalue weighted by Gasteiger charge is 2.26. The lowest BCUT2D eigenvalue weighted by Gasteiger charge is -2.39. The Morgan fingerprint density at radius 1 is 1.00 bits per heavy atom. The third kappa shape index (κ3) is 2.92. The van der Waals surface area contributed by atoms with E-state index in [1.165, 1.54) is 45.7 Å². The van der Waals surface area contributed by atoms with E-state index in [0.29, 0.717) is 0 Å². The maximum Gasteiger partial charge on any atom is 0.0195 e. The Morgan fingerprint density at radius 3 is 2.33 bits per heavy atom.